The molecule has 0 radical (unpaired) electrons. The molecule has 1 aliphatic rings. The molecular formula is C29H28F3N3O3. The second-order valence-electron chi connectivity index (χ2n) is 9.91. The van der Waals surface area contributed by atoms with Gasteiger partial charge in [0.05, 0.1) is 29.7 Å². The van der Waals surface area contributed by atoms with E-state index in [2.05, 4.69) is 10.3 Å². The number of benzene rings is 2. The normalized spacial score (nSPS) is 18.0. The first-order valence-corrected chi connectivity index (χ1v) is 12.6. The van der Waals surface area contributed by atoms with Gasteiger partial charge < -0.3 is 14.6 Å². The molecule has 38 heavy (non-hydrogen) atoms. The Kier molecular flexibility index (Phi) is 7.10. The van der Waals surface area contributed by atoms with Gasteiger partial charge in [0.2, 0.25) is 0 Å². The van der Waals surface area contributed by atoms with Crippen LogP contribution >= 0.6 is 0 Å². The number of carbonyl (C=O) groups is 2. The molecule has 2 heterocycles. The minimum atomic E-state index is -4.58. The molecule has 0 atom stereocenters. The standard InChI is InChI=1S/C29H28F3N3O3/c1-38-28(37)20-5-2-18(3-6-20)15-34-27(36)25-14-24(29(30,31)32)13-22-9-11-35(26(22)25)17-19-4-7-23-16-33-10-8-21(23)12-19/h4,7-14,16,18,20H,2-3,5-6,15,17H2,1H3,(H,34,36)/t18-,20-. The Hall–Kier alpha value is -3.88. The van der Waals surface area contributed by atoms with Crippen molar-refractivity contribution in [2.45, 2.75) is 38.4 Å². The fourth-order valence-electron chi connectivity index (χ4n) is 5.35. The number of pyridine rings is 1. The minimum Gasteiger partial charge on any atom is -0.469 e. The summed E-state index contributed by atoms with van der Waals surface area (Å²) in [5.74, 6) is -0.742. The minimum absolute atomic E-state index is 0.00643. The van der Waals surface area contributed by atoms with Crippen LogP contribution in [0.15, 0.2) is 61.1 Å². The van der Waals surface area contributed by atoms with E-state index in [1.807, 2.05) is 28.8 Å². The van der Waals surface area contributed by atoms with Gasteiger partial charge in [0.15, 0.2) is 0 Å². The van der Waals surface area contributed by atoms with Gasteiger partial charge in [-0.2, -0.15) is 13.2 Å². The van der Waals surface area contributed by atoms with Crippen LogP contribution in [-0.4, -0.2) is 35.1 Å². The molecule has 2 aromatic heterocycles. The third-order valence-electron chi connectivity index (χ3n) is 7.42. The molecule has 0 aliphatic heterocycles. The zero-order chi connectivity index (χ0) is 26.9. The Morgan fingerprint density at radius 1 is 1.03 bits per heavy atom. The molecule has 1 aliphatic carbocycles. The molecule has 0 spiro atoms. The zero-order valence-corrected chi connectivity index (χ0v) is 20.9. The lowest BCUT2D eigenvalue weighted by Crippen LogP contribution is -2.33. The maximum absolute atomic E-state index is 13.7. The first kappa shape index (κ1) is 25.8. The van der Waals surface area contributed by atoms with Crippen molar-refractivity contribution in [2.24, 2.45) is 11.8 Å². The molecule has 198 valence electrons. The number of aromatic nitrogens is 2. The number of nitrogens with one attached hydrogen (secondary N) is 1. The fourth-order valence-corrected chi connectivity index (χ4v) is 5.35. The van der Waals surface area contributed by atoms with Crippen molar-refractivity contribution >= 4 is 33.6 Å². The first-order valence-electron chi connectivity index (χ1n) is 12.6. The van der Waals surface area contributed by atoms with Crippen LogP contribution in [0.5, 0.6) is 0 Å². The third kappa shape index (κ3) is 5.37. The molecular weight excluding hydrogens is 495 g/mol. The number of carbonyl (C=O) groups excluding carboxylic acids is 2. The van der Waals surface area contributed by atoms with Crippen LogP contribution in [0.25, 0.3) is 21.7 Å². The van der Waals surface area contributed by atoms with Gasteiger partial charge in [-0.3, -0.25) is 14.6 Å². The van der Waals surface area contributed by atoms with Crippen LogP contribution in [0, 0.1) is 11.8 Å². The number of nitrogens with zero attached hydrogens (tertiary/aromatic N) is 2. The quantitative estimate of drug-likeness (QED) is 0.316. The van der Waals surface area contributed by atoms with E-state index in [0.717, 1.165) is 41.3 Å². The van der Waals surface area contributed by atoms with Crippen LogP contribution in [-0.2, 0) is 22.3 Å². The first-order chi connectivity index (χ1) is 18.2. The van der Waals surface area contributed by atoms with Crippen LogP contribution in [0.1, 0.15) is 47.2 Å². The topological polar surface area (TPSA) is 73.2 Å². The highest BCUT2D eigenvalue weighted by molar-refractivity contribution is 6.06. The monoisotopic (exact) mass is 523 g/mol. The summed E-state index contributed by atoms with van der Waals surface area (Å²) in [7, 11) is 1.37. The Morgan fingerprint density at radius 2 is 1.82 bits per heavy atom. The van der Waals surface area contributed by atoms with Crippen LogP contribution in [0.2, 0.25) is 0 Å². The number of hydrogen-bond donors (Lipinski definition) is 1. The van der Waals surface area contributed by atoms with E-state index in [-0.39, 0.29) is 23.4 Å². The predicted octanol–water partition coefficient (Wildman–Crippen LogP) is 5.97. The summed E-state index contributed by atoms with van der Waals surface area (Å²) in [5, 5.41) is 5.21. The van der Waals surface area contributed by atoms with E-state index in [4.69, 9.17) is 4.74 Å². The number of esters is 1. The molecule has 0 unspecified atom stereocenters. The van der Waals surface area contributed by atoms with Gasteiger partial charge in [0.25, 0.3) is 5.91 Å². The molecule has 1 fully saturated rings. The summed E-state index contributed by atoms with van der Waals surface area (Å²) in [4.78, 5) is 29.2. The van der Waals surface area contributed by atoms with Crippen molar-refractivity contribution in [1.82, 2.24) is 14.9 Å². The summed E-state index contributed by atoms with van der Waals surface area (Å²) < 4.78 is 47.7. The van der Waals surface area contributed by atoms with Crippen LogP contribution < -0.4 is 5.32 Å². The van der Waals surface area contributed by atoms with Gasteiger partial charge in [0, 0.05) is 42.5 Å². The summed E-state index contributed by atoms with van der Waals surface area (Å²) in [6.45, 7) is 0.731. The van der Waals surface area contributed by atoms with Crippen molar-refractivity contribution in [3.8, 4) is 0 Å². The molecule has 6 nitrogen and oxygen atoms in total. The summed E-state index contributed by atoms with van der Waals surface area (Å²) in [6.07, 6.45) is 3.44. The molecule has 0 bridgehead atoms. The van der Waals surface area contributed by atoms with Gasteiger partial charge >= 0.3 is 12.1 Å². The molecule has 4 aromatic rings. The lowest BCUT2D eigenvalue weighted by atomic mass is 9.82. The van der Waals surface area contributed by atoms with Crippen molar-refractivity contribution in [2.75, 3.05) is 13.7 Å². The number of amides is 1. The summed E-state index contributed by atoms with van der Waals surface area (Å²) >= 11 is 0. The fraction of sp³-hybridized carbons (Fsp3) is 0.345. The number of rotatable bonds is 6. The second-order valence-corrected chi connectivity index (χ2v) is 9.91. The van der Waals surface area contributed by atoms with Gasteiger partial charge in [-0.25, -0.2) is 0 Å². The van der Waals surface area contributed by atoms with E-state index in [9.17, 15) is 22.8 Å². The average molecular weight is 524 g/mol. The molecule has 0 saturated heterocycles. The van der Waals surface area contributed by atoms with Crippen LogP contribution in [0.4, 0.5) is 13.2 Å². The van der Waals surface area contributed by atoms with Crippen molar-refractivity contribution in [3.05, 3.63) is 77.7 Å². The molecule has 9 heteroatoms. The van der Waals surface area contributed by atoms with E-state index in [1.165, 1.54) is 7.11 Å². The molecule has 1 amide bonds. The number of hydrogen-bond acceptors (Lipinski definition) is 4. The maximum atomic E-state index is 13.7. The molecule has 1 saturated carbocycles. The molecule has 5 rings (SSSR count). The highest BCUT2D eigenvalue weighted by atomic mass is 19.4. The van der Waals surface area contributed by atoms with Crippen molar-refractivity contribution in [3.63, 3.8) is 0 Å². The molecule has 1 N–H and O–H groups in total. The number of fused-ring (bicyclic) bond motifs is 2. The predicted molar refractivity (Wildman–Crippen MR) is 138 cm³/mol. The largest absolute Gasteiger partial charge is 0.469 e. The smallest absolute Gasteiger partial charge is 0.416 e. The number of halogens is 3. The van der Waals surface area contributed by atoms with Gasteiger partial charge in [-0.05, 0) is 72.9 Å². The van der Waals surface area contributed by atoms with E-state index < -0.39 is 17.6 Å². The van der Waals surface area contributed by atoms with E-state index >= 15 is 0 Å². The SMILES string of the molecule is COC(=O)[C@H]1CC[C@H](CNC(=O)c2cc(C(F)(F)F)cc3ccn(Cc4ccc5cnccc5c4)c23)CC1. The van der Waals surface area contributed by atoms with Crippen LogP contribution in [0.3, 0.4) is 0 Å². The number of methoxy groups -OCH3 is 1. The highest BCUT2D eigenvalue weighted by Crippen LogP contribution is 2.34. The lowest BCUT2D eigenvalue weighted by Gasteiger charge is -2.27. The summed E-state index contributed by atoms with van der Waals surface area (Å²) in [5.41, 5.74) is 0.548. The third-order valence-corrected chi connectivity index (χ3v) is 7.42. The Balaban J connectivity index is 1.40. The molecule has 2 aromatic carbocycles. The average Bonchev–Trinajstić information content (AvgIpc) is 3.33. The van der Waals surface area contributed by atoms with Gasteiger partial charge in [-0.15, -0.1) is 0 Å². The highest BCUT2D eigenvalue weighted by Gasteiger charge is 2.33. The Bertz CT molecular complexity index is 1490. The van der Waals surface area contributed by atoms with Gasteiger partial charge in [-0.1, -0.05) is 12.1 Å². The van der Waals surface area contributed by atoms with Gasteiger partial charge in [0.1, 0.15) is 0 Å². The number of alkyl halides is 3. The van der Waals surface area contributed by atoms with E-state index in [0.29, 0.717) is 36.8 Å². The van der Waals surface area contributed by atoms with Crippen molar-refractivity contribution in [1.29, 1.82) is 0 Å². The lowest BCUT2D eigenvalue weighted by molar-refractivity contribution is -0.146. The summed E-state index contributed by atoms with van der Waals surface area (Å²) in [6, 6.07) is 11.5. The van der Waals surface area contributed by atoms with E-state index in [1.54, 1.807) is 24.7 Å². The second kappa shape index (κ2) is 10.5. The number of ether oxygens (including phenoxy) is 1. The Labute approximate surface area is 217 Å². The Morgan fingerprint density at radius 3 is 2.55 bits per heavy atom. The zero-order valence-electron chi connectivity index (χ0n) is 20.9. The maximum Gasteiger partial charge on any atom is 0.416 e. The van der Waals surface area contributed by atoms with Crippen molar-refractivity contribution < 1.29 is 27.5 Å².